The van der Waals surface area contributed by atoms with Crippen LogP contribution in [0, 0.1) is 0 Å². The highest BCUT2D eigenvalue weighted by Gasteiger charge is 2.36. The Morgan fingerprint density at radius 3 is 2.19 bits per heavy atom. The summed E-state index contributed by atoms with van der Waals surface area (Å²) in [6, 6.07) is -0.996. The predicted molar refractivity (Wildman–Crippen MR) is 74.2 cm³/mol. The number of carbonyl (C=O) groups excluding carboxylic acids is 1. The van der Waals surface area contributed by atoms with E-state index >= 15 is 0 Å². The first-order valence-corrected chi connectivity index (χ1v) is 7.61. The van der Waals surface area contributed by atoms with Gasteiger partial charge in [-0.05, 0) is 18.4 Å². The van der Waals surface area contributed by atoms with Gasteiger partial charge in [0.15, 0.2) is 0 Å². The van der Waals surface area contributed by atoms with Crippen molar-refractivity contribution in [2.24, 2.45) is 5.73 Å². The van der Waals surface area contributed by atoms with Crippen molar-refractivity contribution in [2.45, 2.75) is 43.2 Å². The molecule has 0 aromatic carbocycles. The summed E-state index contributed by atoms with van der Waals surface area (Å²) in [6.07, 6.45) is -7.76. The number of hydrogen-bond acceptors (Lipinski definition) is 10. The first-order valence-electron chi connectivity index (χ1n) is 6.22. The molecule has 0 saturated carbocycles. The quantitative estimate of drug-likeness (QED) is 0.156. The summed E-state index contributed by atoms with van der Waals surface area (Å²) in [4.78, 5) is 11.5. The van der Waals surface area contributed by atoms with Crippen LogP contribution >= 0.6 is 11.8 Å². The van der Waals surface area contributed by atoms with Gasteiger partial charge in [-0.25, -0.2) is 0 Å². The maximum atomic E-state index is 11.5. The highest BCUT2D eigenvalue weighted by atomic mass is 32.2. The van der Waals surface area contributed by atoms with E-state index in [0.29, 0.717) is 12.2 Å². The highest BCUT2D eigenvalue weighted by Crippen LogP contribution is 2.10. The lowest BCUT2D eigenvalue weighted by Crippen LogP contribution is -2.51. The van der Waals surface area contributed by atoms with E-state index in [1.165, 1.54) is 11.8 Å². The third-order valence-corrected chi connectivity index (χ3v) is 3.39. The molecule has 0 aliphatic carbocycles. The van der Waals surface area contributed by atoms with Gasteiger partial charge in [0, 0.05) is 0 Å². The maximum Gasteiger partial charge on any atom is 0.325 e. The first-order chi connectivity index (χ1) is 9.76. The number of nitrogens with two attached hydrogens (primary N) is 1. The van der Waals surface area contributed by atoms with E-state index < -0.39 is 49.3 Å². The van der Waals surface area contributed by atoms with Gasteiger partial charge < -0.3 is 41.1 Å². The van der Waals surface area contributed by atoms with Crippen molar-refractivity contribution < 1.29 is 40.2 Å². The molecular formula is C11H23NO8S. The monoisotopic (exact) mass is 329 g/mol. The molecule has 0 aliphatic heterocycles. The molecule has 0 saturated heterocycles. The van der Waals surface area contributed by atoms with Gasteiger partial charge in [-0.1, -0.05) is 0 Å². The van der Waals surface area contributed by atoms with E-state index in [1.54, 1.807) is 0 Å². The molecule has 8 N–H and O–H groups in total. The van der Waals surface area contributed by atoms with E-state index in [9.17, 15) is 25.2 Å². The lowest BCUT2D eigenvalue weighted by atomic mass is 10.0. The van der Waals surface area contributed by atoms with E-state index in [-0.39, 0.29) is 0 Å². The second-order valence-electron chi connectivity index (χ2n) is 4.44. The molecule has 0 radical (unpaired) electrons. The van der Waals surface area contributed by atoms with Gasteiger partial charge in [0.05, 0.1) is 6.61 Å². The highest BCUT2D eigenvalue weighted by molar-refractivity contribution is 7.98. The Morgan fingerprint density at radius 2 is 1.71 bits per heavy atom. The zero-order chi connectivity index (χ0) is 16.6. The molecule has 0 fully saturated rings. The van der Waals surface area contributed by atoms with Crippen molar-refractivity contribution in [1.82, 2.24) is 0 Å². The Morgan fingerprint density at radius 1 is 1.14 bits per heavy atom. The van der Waals surface area contributed by atoms with Gasteiger partial charge in [0.2, 0.25) is 6.29 Å². The van der Waals surface area contributed by atoms with Crippen LogP contribution in [0.1, 0.15) is 6.42 Å². The Bertz CT molecular complexity index is 308. The molecule has 0 amide bonds. The summed E-state index contributed by atoms with van der Waals surface area (Å²) in [6.45, 7) is -0.861. The Hall–Kier alpha value is -0.460. The van der Waals surface area contributed by atoms with E-state index in [1.807, 2.05) is 6.26 Å². The fourth-order valence-electron chi connectivity index (χ4n) is 1.35. The number of carbonyl (C=O) groups is 1. The molecule has 0 bridgehead atoms. The summed E-state index contributed by atoms with van der Waals surface area (Å²) in [5.41, 5.74) is 5.49. The average Bonchev–Trinajstić information content (AvgIpc) is 2.48. The lowest BCUT2D eigenvalue weighted by Gasteiger charge is -2.28. The van der Waals surface area contributed by atoms with Gasteiger partial charge in [0.1, 0.15) is 30.5 Å². The van der Waals surface area contributed by atoms with Crippen LogP contribution in [-0.4, -0.2) is 92.0 Å². The van der Waals surface area contributed by atoms with Gasteiger partial charge >= 0.3 is 5.97 Å². The van der Waals surface area contributed by atoms with Crippen LogP contribution in [0.15, 0.2) is 0 Å². The molecular weight excluding hydrogens is 306 g/mol. The van der Waals surface area contributed by atoms with Crippen LogP contribution in [0.2, 0.25) is 0 Å². The third kappa shape index (κ3) is 6.89. The molecule has 9 nitrogen and oxygen atoms in total. The van der Waals surface area contributed by atoms with Crippen molar-refractivity contribution >= 4 is 17.7 Å². The molecule has 0 spiro atoms. The molecule has 126 valence electrons. The van der Waals surface area contributed by atoms with E-state index in [2.05, 4.69) is 4.74 Å². The zero-order valence-electron chi connectivity index (χ0n) is 11.6. The lowest BCUT2D eigenvalue weighted by molar-refractivity contribution is -0.214. The molecule has 0 heterocycles. The van der Waals surface area contributed by atoms with E-state index in [4.69, 9.17) is 15.9 Å². The number of aliphatic hydroxyl groups is 6. The summed E-state index contributed by atoms with van der Waals surface area (Å²) in [5.74, 6) is -0.376. The first kappa shape index (κ1) is 20.5. The topological polar surface area (TPSA) is 174 Å². The standard InChI is InChI=1S/C11H23NO8S/c1-21-3-2-5(12)10(18)20-11(19)9(17)8(16)7(15)6(14)4-13/h5-9,11,13-17,19H,2-4,12H2,1H3/t5-,6+,7+,8-,9-,11?/m0/s1. The van der Waals surface area contributed by atoms with Crippen LogP contribution in [-0.2, 0) is 9.53 Å². The van der Waals surface area contributed by atoms with Crippen molar-refractivity contribution in [3.05, 3.63) is 0 Å². The number of ether oxygens (including phenoxy) is 1. The molecule has 0 aliphatic rings. The summed E-state index contributed by atoms with van der Waals surface area (Å²) >= 11 is 1.46. The minimum atomic E-state index is -2.13. The second kappa shape index (κ2) is 10.3. The molecule has 10 heteroatoms. The summed E-state index contributed by atoms with van der Waals surface area (Å²) in [5, 5.41) is 55.6. The van der Waals surface area contributed by atoms with Crippen molar-refractivity contribution in [1.29, 1.82) is 0 Å². The van der Waals surface area contributed by atoms with Gasteiger partial charge in [0.25, 0.3) is 0 Å². The summed E-state index contributed by atoms with van der Waals surface area (Å²) < 4.78 is 4.47. The maximum absolute atomic E-state index is 11.5. The summed E-state index contributed by atoms with van der Waals surface area (Å²) in [7, 11) is 0. The van der Waals surface area contributed by atoms with Crippen LogP contribution < -0.4 is 5.73 Å². The zero-order valence-corrected chi connectivity index (χ0v) is 12.4. The van der Waals surface area contributed by atoms with Gasteiger partial charge in [-0.15, -0.1) is 0 Å². The Balaban J connectivity index is 4.43. The average molecular weight is 329 g/mol. The minimum absolute atomic E-state index is 0.303. The smallest absolute Gasteiger partial charge is 0.325 e. The van der Waals surface area contributed by atoms with Crippen LogP contribution in [0.4, 0.5) is 0 Å². The molecule has 6 atom stereocenters. The number of hydrogen-bond donors (Lipinski definition) is 7. The molecule has 1 unspecified atom stereocenters. The second-order valence-corrected chi connectivity index (χ2v) is 5.42. The van der Waals surface area contributed by atoms with Crippen molar-refractivity contribution in [3.8, 4) is 0 Å². The Labute approximate surface area is 126 Å². The fraction of sp³-hybridized carbons (Fsp3) is 0.909. The van der Waals surface area contributed by atoms with Crippen LogP contribution in [0.3, 0.4) is 0 Å². The normalized spacial score (nSPS) is 20.2. The number of aliphatic hydroxyl groups excluding tert-OH is 6. The van der Waals surface area contributed by atoms with Gasteiger partial charge in [-0.3, -0.25) is 4.79 Å². The number of rotatable bonds is 10. The largest absolute Gasteiger partial charge is 0.432 e. The molecule has 21 heavy (non-hydrogen) atoms. The van der Waals surface area contributed by atoms with Crippen molar-refractivity contribution in [2.75, 3.05) is 18.6 Å². The van der Waals surface area contributed by atoms with E-state index in [0.717, 1.165) is 0 Å². The molecule has 0 aromatic heterocycles. The number of thioether (sulfide) groups is 1. The third-order valence-electron chi connectivity index (χ3n) is 2.75. The van der Waals surface area contributed by atoms with Crippen molar-refractivity contribution in [3.63, 3.8) is 0 Å². The molecule has 0 aromatic rings. The van der Waals surface area contributed by atoms with Gasteiger partial charge in [-0.2, -0.15) is 11.8 Å². The number of esters is 1. The molecule has 0 rings (SSSR count). The van der Waals surface area contributed by atoms with Crippen LogP contribution in [0.5, 0.6) is 0 Å². The minimum Gasteiger partial charge on any atom is -0.432 e. The Kier molecular flexibility index (Phi) is 10.1. The predicted octanol–water partition coefficient (Wildman–Crippen LogP) is -3.64. The van der Waals surface area contributed by atoms with Crippen LogP contribution in [0.25, 0.3) is 0 Å². The SMILES string of the molecule is CSCC[C@H](N)C(=O)OC(O)[C@@H](O)[C@@H](O)[C@H](O)[C@H](O)CO. The fourth-order valence-corrected chi connectivity index (χ4v) is 1.83.